The molecule has 1 aromatic heterocycles. The molecule has 1 aliphatic rings. The van der Waals surface area contributed by atoms with Gasteiger partial charge in [0.15, 0.2) is 0 Å². The van der Waals surface area contributed by atoms with Crippen LogP contribution in [0.2, 0.25) is 10.0 Å². The van der Waals surface area contributed by atoms with Gasteiger partial charge in [-0.15, -0.1) is 0 Å². The second kappa shape index (κ2) is 9.11. The van der Waals surface area contributed by atoms with Gasteiger partial charge < -0.3 is 9.47 Å². The molecule has 6 heteroatoms. The van der Waals surface area contributed by atoms with E-state index < -0.39 is 0 Å². The van der Waals surface area contributed by atoms with Gasteiger partial charge in [-0.05, 0) is 36.5 Å². The second-order valence-electron chi connectivity index (χ2n) is 7.80. The molecule has 0 bridgehead atoms. The van der Waals surface area contributed by atoms with Crippen LogP contribution in [0.15, 0.2) is 30.6 Å². The lowest BCUT2D eigenvalue weighted by Crippen LogP contribution is -2.38. The van der Waals surface area contributed by atoms with Gasteiger partial charge >= 0.3 is 0 Å². The molecular formula is C21H27Cl2N3O. The smallest absolute Gasteiger partial charge is 0.226 e. The molecule has 0 radical (unpaired) electrons. The molecule has 0 atom stereocenters. The Kier molecular flexibility index (Phi) is 6.83. The average molecular weight is 408 g/mol. The Morgan fingerprint density at radius 3 is 2.70 bits per heavy atom. The Labute approximate surface area is 171 Å². The van der Waals surface area contributed by atoms with Crippen molar-refractivity contribution in [2.75, 3.05) is 6.54 Å². The molecule has 1 aromatic carbocycles. The molecule has 1 fully saturated rings. The summed E-state index contributed by atoms with van der Waals surface area (Å²) in [6, 6.07) is 5.53. The lowest BCUT2D eigenvalue weighted by molar-refractivity contribution is -0.136. The largest absolute Gasteiger partial charge is 0.335 e. The summed E-state index contributed by atoms with van der Waals surface area (Å²) in [5.74, 6) is 1.76. The highest BCUT2D eigenvalue weighted by atomic mass is 35.5. The van der Waals surface area contributed by atoms with Crippen LogP contribution in [0.5, 0.6) is 0 Å². The van der Waals surface area contributed by atoms with Gasteiger partial charge in [-0.25, -0.2) is 4.98 Å². The first-order chi connectivity index (χ1) is 12.9. The summed E-state index contributed by atoms with van der Waals surface area (Å²) in [7, 11) is 0. The molecule has 1 amide bonds. The predicted octanol–water partition coefficient (Wildman–Crippen LogP) is 5.41. The molecule has 27 heavy (non-hydrogen) atoms. The van der Waals surface area contributed by atoms with Crippen LogP contribution in [0.4, 0.5) is 0 Å². The standard InChI is InChI=1S/C21H27Cl2N3O/c1-15(2)12-26(21(27)16-5-3-4-6-16)14-20-24-9-10-25(20)13-17-7-8-18(22)11-19(17)23/h7-11,15-16H,3-6,12-14H2,1-2H3. The van der Waals surface area contributed by atoms with Crippen molar-refractivity contribution in [2.24, 2.45) is 11.8 Å². The minimum Gasteiger partial charge on any atom is -0.335 e. The van der Waals surface area contributed by atoms with Gasteiger partial charge in [-0.1, -0.05) is 56.0 Å². The van der Waals surface area contributed by atoms with E-state index in [1.54, 1.807) is 12.3 Å². The van der Waals surface area contributed by atoms with E-state index in [1.807, 2.05) is 23.2 Å². The van der Waals surface area contributed by atoms with Gasteiger partial charge in [0.1, 0.15) is 5.82 Å². The summed E-state index contributed by atoms with van der Waals surface area (Å²) in [5, 5.41) is 1.27. The molecule has 0 N–H and O–H groups in total. The lowest BCUT2D eigenvalue weighted by Gasteiger charge is -2.27. The topological polar surface area (TPSA) is 38.1 Å². The third-order valence-corrected chi connectivity index (χ3v) is 5.68. The highest BCUT2D eigenvalue weighted by molar-refractivity contribution is 6.35. The Morgan fingerprint density at radius 1 is 1.30 bits per heavy atom. The first-order valence-electron chi connectivity index (χ1n) is 9.66. The minimum atomic E-state index is 0.179. The molecule has 146 valence electrons. The van der Waals surface area contributed by atoms with Gasteiger partial charge in [0.25, 0.3) is 0 Å². The summed E-state index contributed by atoms with van der Waals surface area (Å²) in [4.78, 5) is 19.5. The quantitative estimate of drug-likeness (QED) is 0.614. The van der Waals surface area contributed by atoms with E-state index in [2.05, 4.69) is 23.4 Å². The number of imidazole rings is 1. The SMILES string of the molecule is CC(C)CN(Cc1nccn1Cc1ccc(Cl)cc1Cl)C(=O)C1CCCC1. The van der Waals surface area contributed by atoms with E-state index in [9.17, 15) is 4.79 Å². The van der Waals surface area contributed by atoms with Crippen molar-refractivity contribution in [2.45, 2.75) is 52.6 Å². The summed E-state index contributed by atoms with van der Waals surface area (Å²) in [5.41, 5.74) is 0.984. The zero-order valence-corrected chi connectivity index (χ0v) is 17.5. The van der Waals surface area contributed by atoms with Crippen LogP contribution in [0.25, 0.3) is 0 Å². The number of hydrogen-bond acceptors (Lipinski definition) is 2. The summed E-state index contributed by atoms with van der Waals surface area (Å²) < 4.78 is 2.06. The maximum Gasteiger partial charge on any atom is 0.226 e. The zero-order chi connectivity index (χ0) is 19.4. The number of aromatic nitrogens is 2. The zero-order valence-electron chi connectivity index (χ0n) is 16.0. The number of nitrogens with zero attached hydrogens (tertiary/aromatic N) is 3. The van der Waals surface area contributed by atoms with Crippen molar-refractivity contribution in [3.8, 4) is 0 Å². The number of benzene rings is 1. The van der Waals surface area contributed by atoms with E-state index >= 15 is 0 Å². The maximum atomic E-state index is 13.0. The van der Waals surface area contributed by atoms with Crippen molar-refractivity contribution in [3.05, 3.63) is 52.0 Å². The van der Waals surface area contributed by atoms with Crippen LogP contribution in [0.3, 0.4) is 0 Å². The van der Waals surface area contributed by atoms with E-state index in [0.29, 0.717) is 29.1 Å². The highest BCUT2D eigenvalue weighted by Crippen LogP contribution is 2.28. The van der Waals surface area contributed by atoms with Crippen LogP contribution in [0.1, 0.15) is 50.9 Å². The molecule has 0 spiro atoms. The number of carbonyl (C=O) groups excluding carboxylic acids is 1. The van der Waals surface area contributed by atoms with Crippen molar-refractivity contribution in [1.82, 2.24) is 14.5 Å². The third kappa shape index (κ3) is 5.26. The van der Waals surface area contributed by atoms with E-state index in [4.69, 9.17) is 23.2 Å². The van der Waals surface area contributed by atoms with Crippen LogP contribution in [0, 0.1) is 11.8 Å². The van der Waals surface area contributed by atoms with Crippen molar-refractivity contribution in [3.63, 3.8) is 0 Å². The molecule has 1 heterocycles. The Bertz CT molecular complexity index is 781. The van der Waals surface area contributed by atoms with E-state index in [0.717, 1.165) is 43.6 Å². The maximum absolute atomic E-state index is 13.0. The molecule has 0 aliphatic heterocycles. The van der Waals surface area contributed by atoms with E-state index in [1.165, 1.54) is 0 Å². The van der Waals surface area contributed by atoms with Crippen LogP contribution in [-0.4, -0.2) is 26.9 Å². The predicted molar refractivity (Wildman–Crippen MR) is 110 cm³/mol. The van der Waals surface area contributed by atoms with Crippen LogP contribution in [-0.2, 0) is 17.9 Å². The van der Waals surface area contributed by atoms with Crippen LogP contribution < -0.4 is 0 Å². The Morgan fingerprint density at radius 2 is 2.04 bits per heavy atom. The molecule has 2 aromatic rings. The fraction of sp³-hybridized carbons (Fsp3) is 0.524. The van der Waals surface area contributed by atoms with E-state index in [-0.39, 0.29) is 11.8 Å². The normalized spacial score (nSPS) is 14.9. The fourth-order valence-corrected chi connectivity index (χ4v) is 4.21. The number of carbonyl (C=O) groups is 1. The summed E-state index contributed by atoms with van der Waals surface area (Å²) in [6.07, 6.45) is 8.08. The molecule has 0 saturated heterocycles. The average Bonchev–Trinajstić information content (AvgIpc) is 3.28. The molecule has 0 unspecified atom stereocenters. The van der Waals surface area contributed by atoms with Crippen LogP contribution >= 0.6 is 23.2 Å². The number of rotatable bonds is 7. The molecular weight excluding hydrogens is 381 g/mol. The minimum absolute atomic E-state index is 0.179. The number of amides is 1. The molecule has 1 saturated carbocycles. The first-order valence-corrected chi connectivity index (χ1v) is 10.4. The van der Waals surface area contributed by atoms with Crippen molar-refractivity contribution in [1.29, 1.82) is 0 Å². The molecule has 1 aliphatic carbocycles. The van der Waals surface area contributed by atoms with Gasteiger partial charge in [0.05, 0.1) is 13.1 Å². The first kappa shape index (κ1) is 20.2. The van der Waals surface area contributed by atoms with Gasteiger partial charge in [0.2, 0.25) is 5.91 Å². The van der Waals surface area contributed by atoms with Gasteiger partial charge in [0, 0.05) is 34.9 Å². The number of hydrogen-bond donors (Lipinski definition) is 0. The lowest BCUT2D eigenvalue weighted by atomic mass is 10.1. The van der Waals surface area contributed by atoms with Gasteiger partial charge in [-0.3, -0.25) is 4.79 Å². The monoisotopic (exact) mass is 407 g/mol. The highest BCUT2D eigenvalue weighted by Gasteiger charge is 2.28. The fourth-order valence-electron chi connectivity index (χ4n) is 3.74. The van der Waals surface area contributed by atoms with Gasteiger partial charge in [-0.2, -0.15) is 0 Å². The molecule has 3 rings (SSSR count). The summed E-state index contributed by atoms with van der Waals surface area (Å²) >= 11 is 12.3. The number of halogens is 2. The Balaban J connectivity index is 1.76. The third-order valence-electron chi connectivity index (χ3n) is 5.09. The molecule has 4 nitrogen and oxygen atoms in total. The summed E-state index contributed by atoms with van der Waals surface area (Å²) in [6.45, 7) is 6.19. The van der Waals surface area contributed by atoms with Crippen molar-refractivity contribution < 1.29 is 4.79 Å². The Hall–Kier alpha value is -1.52. The second-order valence-corrected chi connectivity index (χ2v) is 8.64. The van der Waals surface area contributed by atoms with Crippen molar-refractivity contribution >= 4 is 29.1 Å².